The molecule has 1 amide bonds. The molecule has 4 nitrogen and oxygen atoms in total. The third-order valence-electron chi connectivity index (χ3n) is 2.97. The van der Waals surface area contributed by atoms with Crippen molar-refractivity contribution in [2.45, 2.75) is 12.8 Å². The number of benzene rings is 2. The lowest BCUT2D eigenvalue weighted by atomic mass is 9.96. The van der Waals surface area contributed by atoms with Gasteiger partial charge in [0.25, 0.3) is 5.91 Å². The molecule has 0 bridgehead atoms. The minimum absolute atomic E-state index is 0.577. The SMILES string of the molecule is CC(C(=O)C(N)=O)c1cccc(Oc2ccccc2)c1. The predicted molar refractivity (Wildman–Crippen MR) is 75.6 cm³/mol. The van der Waals surface area contributed by atoms with Gasteiger partial charge >= 0.3 is 0 Å². The Bertz CT molecular complexity index is 623. The lowest BCUT2D eigenvalue weighted by Gasteiger charge is -2.11. The molecule has 1 atom stereocenters. The van der Waals surface area contributed by atoms with Crippen LogP contribution in [0.15, 0.2) is 54.6 Å². The van der Waals surface area contributed by atoms with Gasteiger partial charge in [-0.15, -0.1) is 0 Å². The fourth-order valence-electron chi connectivity index (χ4n) is 1.84. The molecule has 0 heterocycles. The number of primary amides is 1. The molecule has 4 heteroatoms. The summed E-state index contributed by atoms with van der Waals surface area (Å²) in [6.45, 7) is 1.65. The van der Waals surface area contributed by atoms with E-state index in [1.165, 1.54) is 0 Å². The number of amides is 1. The second-order valence-electron chi connectivity index (χ2n) is 4.44. The minimum Gasteiger partial charge on any atom is -0.457 e. The Labute approximate surface area is 117 Å². The van der Waals surface area contributed by atoms with E-state index < -0.39 is 17.6 Å². The molecule has 0 radical (unpaired) electrons. The molecule has 0 saturated carbocycles. The summed E-state index contributed by atoms with van der Waals surface area (Å²) < 4.78 is 5.68. The van der Waals surface area contributed by atoms with Crippen molar-refractivity contribution in [1.82, 2.24) is 0 Å². The maximum absolute atomic E-state index is 11.6. The van der Waals surface area contributed by atoms with E-state index in [-0.39, 0.29) is 0 Å². The average molecular weight is 269 g/mol. The maximum Gasteiger partial charge on any atom is 0.285 e. The molecular formula is C16H15NO3. The van der Waals surface area contributed by atoms with Crippen molar-refractivity contribution >= 4 is 11.7 Å². The highest BCUT2D eigenvalue weighted by Gasteiger charge is 2.20. The number of ether oxygens (including phenoxy) is 1. The number of hydrogen-bond donors (Lipinski definition) is 1. The first kappa shape index (κ1) is 13.8. The van der Waals surface area contributed by atoms with Gasteiger partial charge in [-0.05, 0) is 29.8 Å². The van der Waals surface area contributed by atoms with Crippen molar-refractivity contribution in [1.29, 1.82) is 0 Å². The van der Waals surface area contributed by atoms with Gasteiger partial charge in [0.1, 0.15) is 11.5 Å². The molecular weight excluding hydrogens is 254 g/mol. The molecule has 0 aliphatic heterocycles. The van der Waals surface area contributed by atoms with E-state index in [4.69, 9.17) is 10.5 Å². The van der Waals surface area contributed by atoms with Crippen LogP contribution in [0.4, 0.5) is 0 Å². The predicted octanol–water partition coefficient (Wildman–Crippen LogP) is 2.64. The molecule has 0 aliphatic rings. The zero-order valence-electron chi connectivity index (χ0n) is 11.1. The average Bonchev–Trinajstić information content (AvgIpc) is 2.47. The summed E-state index contributed by atoms with van der Waals surface area (Å²) >= 11 is 0. The van der Waals surface area contributed by atoms with Crippen LogP contribution < -0.4 is 10.5 Å². The van der Waals surface area contributed by atoms with Crippen LogP contribution in [-0.2, 0) is 9.59 Å². The third-order valence-corrected chi connectivity index (χ3v) is 2.97. The fourth-order valence-corrected chi connectivity index (χ4v) is 1.84. The molecule has 0 aromatic heterocycles. The molecule has 0 aliphatic carbocycles. The number of para-hydroxylation sites is 1. The van der Waals surface area contributed by atoms with Crippen molar-refractivity contribution in [2.75, 3.05) is 0 Å². The van der Waals surface area contributed by atoms with Crippen LogP contribution in [0.3, 0.4) is 0 Å². The molecule has 0 fully saturated rings. The van der Waals surface area contributed by atoms with Gasteiger partial charge in [0.05, 0.1) is 0 Å². The summed E-state index contributed by atoms with van der Waals surface area (Å²) in [4.78, 5) is 22.5. The summed E-state index contributed by atoms with van der Waals surface area (Å²) in [5.74, 6) is -0.795. The Morgan fingerprint density at radius 1 is 1.00 bits per heavy atom. The molecule has 2 N–H and O–H groups in total. The number of Topliss-reactive ketones (excluding diaryl/α,β-unsaturated/α-hetero) is 1. The van der Waals surface area contributed by atoms with Gasteiger partial charge in [0, 0.05) is 5.92 Å². The van der Waals surface area contributed by atoms with E-state index in [0.717, 1.165) is 0 Å². The van der Waals surface area contributed by atoms with Crippen LogP contribution >= 0.6 is 0 Å². The van der Waals surface area contributed by atoms with Gasteiger partial charge in [-0.25, -0.2) is 0 Å². The summed E-state index contributed by atoms with van der Waals surface area (Å²) in [5.41, 5.74) is 5.71. The Morgan fingerprint density at radius 2 is 1.65 bits per heavy atom. The smallest absolute Gasteiger partial charge is 0.285 e. The number of rotatable bonds is 5. The first-order valence-electron chi connectivity index (χ1n) is 6.24. The van der Waals surface area contributed by atoms with E-state index in [1.54, 1.807) is 31.2 Å². The number of carbonyl (C=O) groups excluding carboxylic acids is 2. The fraction of sp³-hybridized carbons (Fsp3) is 0.125. The number of carbonyl (C=O) groups is 2. The number of ketones is 1. The highest BCUT2D eigenvalue weighted by atomic mass is 16.5. The summed E-state index contributed by atoms with van der Waals surface area (Å²) in [6.07, 6.45) is 0. The lowest BCUT2D eigenvalue weighted by Crippen LogP contribution is -2.27. The van der Waals surface area contributed by atoms with E-state index in [2.05, 4.69) is 0 Å². The van der Waals surface area contributed by atoms with Gasteiger partial charge in [-0.3, -0.25) is 9.59 Å². The van der Waals surface area contributed by atoms with Crippen LogP contribution in [0.5, 0.6) is 11.5 Å². The first-order chi connectivity index (χ1) is 9.58. The maximum atomic E-state index is 11.6. The Hall–Kier alpha value is -2.62. The standard InChI is InChI=1S/C16H15NO3/c1-11(15(18)16(17)19)12-6-5-9-14(10-12)20-13-7-3-2-4-8-13/h2-11H,1H3,(H2,17,19). The Kier molecular flexibility index (Phi) is 4.15. The van der Waals surface area contributed by atoms with Gasteiger partial charge < -0.3 is 10.5 Å². The topological polar surface area (TPSA) is 69.4 Å². The molecule has 20 heavy (non-hydrogen) atoms. The molecule has 102 valence electrons. The van der Waals surface area contributed by atoms with E-state index >= 15 is 0 Å². The third kappa shape index (κ3) is 3.23. The van der Waals surface area contributed by atoms with Crippen LogP contribution in [0, 0.1) is 0 Å². The van der Waals surface area contributed by atoms with Crippen molar-refractivity contribution < 1.29 is 14.3 Å². The molecule has 2 aromatic rings. The highest BCUT2D eigenvalue weighted by molar-refractivity contribution is 6.37. The number of hydrogen-bond acceptors (Lipinski definition) is 3. The van der Waals surface area contributed by atoms with E-state index in [9.17, 15) is 9.59 Å². The zero-order valence-corrected chi connectivity index (χ0v) is 11.1. The number of nitrogens with two attached hydrogens (primary N) is 1. The van der Waals surface area contributed by atoms with Gasteiger partial charge in [0.2, 0.25) is 5.78 Å². The minimum atomic E-state index is -0.924. The lowest BCUT2D eigenvalue weighted by molar-refractivity contribution is -0.136. The van der Waals surface area contributed by atoms with Crippen LogP contribution in [0.1, 0.15) is 18.4 Å². The van der Waals surface area contributed by atoms with Crippen LogP contribution in [-0.4, -0.2) is 11.7 Å². The second-order valence-corrected chi connectivity index (χ2v) is 4.44. The monoisotopic (exact) mass is 269 g/mol. The molecule has 0 saturated heterocycles. The van der Waals surface area contributed by atoms with Crippen molar-refractivity contribution in [3.05, 3.63) is 60.2 Å². The normalized spacial score (nSPS) is 11.7. The largest absolute Gasteiger partial charge is 0.457 e. The molecule has 1 unspecified atom stereocenters. The Morgan fingerprint density at radius 3 is 2.30 bits per heavy atom. The summed E-state index contributed by atoms with van der Waals surface area (Å²) in [5, 5.41) is 0. The Balaban J connectivity index is 2.20. The zero-order chi connectivity index (χ0) is 14.5. The van der Waals surface area contributed by atoms with Gasteiger partial charge in [-0.2, -0.15) is 0 Å². The second kappa shape index (κ2) is 6.02. The van der Waals surface area contributed by atoms with Gasteiger partial charge in [-0.1, -0.05) is 37.3 Å². The summed E-state index contributed by atoms with van der Waals surface area (Å²) in [6, 6.07) is 16.4. The summed E-state index contributed by atoms with van der Waals surface area (Å²) in [7, 11) is 0. The van der Waals surface area contributed by atoms with Crippen LogP contribution in [0.25, 0.3) is 0 Å². The quantitative estimate of drug-likeness (QED) is 0.848. The van der Waals surface area contributed by atoms with Gasteiger partial charge in [0.15, 0.2) is 0 Å². The molecule has 2 aromatic carbocycles. The van der Waals surface area contributed by atoms with Crippen molar-refractivity contribution in [3.8, 4) is 11.5 Å². The van der Waals surface area contributed by atoms with Crippen LogP contribution in [0.2, 0.25) is 0 Å². The van der Waals surface area contributed by atoms with Crippen molar-refractivity contribution in [3.63, 3.8) is 0 Å². The van der Waals surface area contributed by atoms with E-state index in [1.807, 2.05) is 30.3 Å². The molecule has 2 rings (SSSR count). The van der Waals surface area contributed by atoms with Crippen molar-refractivity contribution in [2.24, 2.45) is 5.73 Å². The molecule has 0 spiro atoms. The first-order valence-corrected chi connectivity index (χ1v) is 6.24. The highest BCUT2D eigenvalue weighted by Crippen LogP contribution is 2.25. The van der Waals surface area contributed by atoms with E-state index in [0.29, 0.717) is 17.1 Å².